The highest BCUT2D eigenvalue weighted by Gasteiger charge is 2.15. The predicted octanol–water partition coefficient (Wildman–Crippen LogP) is 4.17. The maximum absolute atomic E-state index is 12.4. The van der Waals surface area contributed by atoms with E-state index in [1.54, 1.807) is 54.6 Å². The first-order valence-corrected chi connectivity index (χ1v) is 8.88. The number of ether oxygens (including phenoxy) is 1. The van der Waals surface area contributed by atoms with Crippen LogP contribution in [0.2, 0.25) is 0 Å². The average Bonchev–Trinajstić information content (AvgIpc) is 2.78. The molecule has 0 aromatic heterocycles. The number of carbonyl (C=O) groups is 2. The van der Waals surface area contributed by atoms with Gasteiger partial charge in [-0.2, -0.15) is 5.26 Å². The number of amides is 1. The van der Waals surface area contributed by atoms with Crippen LogP contribution in [0.25, 0.3) is 17.2 Å². The topological polar surface area (TPSA) is 79.2 Å². The summed E-state index contributed by atoms with van der Waals surface area (Å²) in [5.41, 5.74) is 3.31. The Morgan fingerprint density at radius 1 is 0.966 bits per heavy atom. The lowest BCUT2D eigenvalue weighted by molar-refractivity contribution is -0.136. The zero-order chi connectivity index (χ0) is 20.6. The zero-order valence-electron chi connectivity index (χ0n) is 15.8. The van der Waals surface area contributed by atoms with Gasteiger partial charge >= 0.3 is 5.97 Å². The van der Waals surface area contributed by atoms with Crippen molar-refractivity contribution in [1.82, 2.24) is 5.32 Å². The number of nitriles is 1. The molecule has 0 aliphatic carbocycles. The number of esters is 1. The lowest BCUT2D eigenvalue weighted by Gasteiger charge is -2.09. The maximum atomic E-state index is 12.4. The Morgan fingerprint density at radius 3 is 2.41 bits per heavy atom. The number of benzene rings is 3. The molecule has 0 bridgehead atoms. The van der Waals surface area contributed by atoms with E-state index in [0.717, 1.165) is 11.1 Å². The number of rotatable bonds is 5. The van der Waals surface area contributed by atoms with Crippen LogP contribution >= 0.6 is 0 Å². The highest BCUT2D eigenvalue weighted by atomic mass is 16.5. The number of hydrogen-bond acceptors (Lipinski definition) is 4. The van der Waals surface area contributed by atoms with Crippen LogP contribution in [0.5, 0.6) is 0 Å². The van der Waals surface area contributed by atoms with Crippen LogP contribution in [0, 0.1) is 11.3 Å². The van der Waals surface area contributed by atoms with Gasteiger partial charge in [0.15, 0.2) is 0 Å². The summed E-state index contributed by atoms with van der Waals surface area (Å²) in [6.45, 7) is 0. The quantitative estimate of drug-likeness (QED) is 0.531. The number of nitrogens with one attached hydrogen (secondary N) is 1. The van der Waals surface area contributed by atoms with E-state index >= 15 is 0 Å². The molecule has 1 N–H and O–H groups in total. The van der Waals surface area contributed by atoms with Crippen LogP contribution in [0.15, 0.2) is 84.6 Å². The van der Waals surface area contributed by atoms with Gasteiger partial charge in [-0.25, -0.2) is 4.79 Å². The molecule has 5 heteroatoms. The molecule has 0 aliphatic rings. The van der Waals surface area contributed by atoms with Crippen molar-refractivity contribution in [2.24, 2.45) is 0 Å². The van der Waals surface area contributed by atoms with Gasteiger partial charge in [0.25, 0.3) is 5.91 Å². The van der Waals surface area contributed by atoms with Gasteiger partial charge in [0.05, 0.1) is 18.7 Å². The van der Waals surface area contributed by atoms with Crippen LogP contribution in [0.3, 0.4) is 0 Å². The van der Waals surface area contributed by atoms with Crippen LogP contribution in [-0.2, 0) is 9.53 Å². The van der Waals surface area contributed by atoms with Crippen molar-refractivity contribution >= 4 is 18.0 Å². The molecule has 0 fully saturated rings. The lowest BCUT2D eigenvalue weighted by atomic mass is 9.98. The first kappa shape index (κ1) is 19.6. The maximum Gasteiger partial charge on any atom is 0.354 e. The molecule has 3 rings (SSSR count). The molecule has 0 radical (unpaired) electrons. The minimum Gasteiger partial charge on any atom is -0.464 e. The van der Waals surface area contributed by atoms with Crippen molar-refractivity contribution in [3.8, 4) is 17.2 Å². The SMILES string of the molecule is COC(=O)C(=Cc1cccc(-c2ccccc2C#N)c1)NC(=O)c1ccccc1. The van der Waals surface area contributed by atoms with E-state index in [4.69, 9.17) is 4.74 Å². The Balaban J connectivity index is 1.95. The van der Waals surface area contributed by atoms with E-state index in [2.05, 4.69) is 11.4 Å². The fourth-order valence-corrected chi connectivity index (χ4v) is 2.83. The summed E-state index contributed by atoms with van der Waals surface area (Å²) in [6, 6.07) is 25.4. The van der Waals surface area contributed by atoms with Gasteiger partial charge < -0.3 is 10.1 Å². The Labute approximate surface area is 168 Å². The third-order valence-electron chi connectivity index (χ3n) is 4.25. The molecule has 5 nitrogen and oxygen atoms in total. The Hall–Kier alpha value is -4.17. The number of methoxy groups -OCH3 is 1. The second kappa shape index (κ2) is 9.16. The Bertz CT molecular complexity index is 1110. The summed E-state index contributed by atoms with van der Waals surface area (Å²) in [4.78, 5) is 24.6. The molecule has 0 aliphatic heterocycles. The van der Waals surface area contributed by atoms with Crippen LogP contribution < -0.4 is 5.32 Å². The average molecular weight is 382 g/mol. The molecule has 0 atom stereocenters. The second-order valence-electron chi connectivity index (χ2n) is 6.15. The first-order valence-electron chi connectivity index (χ1n) is 8.88. The monoisotopic (exact) mass is 382 g/mol. The van der Waals surface area contributed by atoms with E-state index in [1.807, 2.05) is 30.3 Å². The smallest absolute Gasteiger partial charge is 0.354 e. The van der Waals surface area contributed by atoms with E-state index in [0.29, 0.717) is 16.7 Å². The molecule has 3 aromatic carbocycles. The van der Waals surface area contributed by atoms with Crippen molar-refractivity contribution in [2.45, 2.75) is 0 Å². The van der Waals surface area contributed by atoms with Crippen molar-refractivity contribution < 1.29 is 14.3 Å². The number of carbonyl (C=O) groups excluding carboxylic acids is 2. The second-order valence-corrected chi connectivity index (χ2v) is 6.15. The van der Waals surface area contributed by atoms with Crippen molar-refractivity contribution in [3.63, 3.8) is 0 Å². The Kier molecular flexibility index (Phi) is 6.18. The zero-order valence-corrected chi connectivity index (χ0v) is 15.8. The molecule has 0 unspecified atom stereocenters. The van der Waals surface area contributed by atoms with Crippen molar-refractivity contribution in [1.29, 1.82) is 5.26 Å². The minimum atomic E-state index is -0.655. The molecule has 1 amide bonds. The molecule has 0 heterocycles. The summed E-state index contributed by atoms with van der Waals surface area (Å²) in [7, 11) is 1.25. The molecule has 0 spiro atoms. The van der Waals surface area contributed by atoms with Crippen LogP contribution in [-0.4, -0.2) is 19.0 Å². The fraction of sp³-hybridized carbons (Fsp3) is 0.0417. The van der Waals surface area contributed by atoms with E-state index in [9.17, 15) is 14.9 Å². The third kappa shape index (κ3) is 4.76. The molecular formula is C24H18N2O3. The molecule has 142 valence electrons. The predicted molar refractivity (Wildman–Crippen MR) is 110 cm³/mol. The van der Waals surface area contributed by atoms with Crippen LogP contribution in [0.4, 0.5) is 0 Å². The van der Waals surface area contributed by atoms with Gasteiger partial charge in [0, 0.05) is 5.56 Å². The van der Waals surface area contributed by atoms with Crippen molar-refractivity contribution in [3.05, 3.63) is 101 Å². The minimum absolute atomic E-state index is 0.0204. The van der Waals surface area contributed by atoms with Gasteiger partial charge in [-0.15, -0.1) is 0 Å². The first-order chi connectivity index (χ1) is 14.1. The van der Waals surface area contributed by atoms with Gasteiger partial charge in [0.2, 0.25) is 0 Å². The third-order valence-corrected chi connectivity index (χ3v) is 4.25. The molecule has 0 saturated carbocycles. The summed E-state index contributed by atoms with van der Waals surface area (Å²) >= 11 is 0. The van der Waals surface area contributed by atoms with Crippen molar-refractivity contribution in [2.75, 3.05) is 7.11 Å². The number of nitrogens with zero attached hydrogens (tertiary/aromatic N) is 1. The molecule has 0 saturated heterocycles. The van der Waals surface area contributed by atoms with E-state index in [1.165, 1.54) is 7.11 Å². The highest BCUT2D eigenvalue weighted by Crippen LogP contribution is 2.24. The highest BCUT2D eigenvalue weighted by molar-refractivity contribution is 6.03. The van der Waals surface area contributed by atoms with Gasteiger partial charge in [-0.3, -0.25) is 4.79 Å². The Morgan fingerprint density at radius 2 is 1.69 bits per heavy atom. The largest absolute Gasteiger partial charge is 0.464 e. The molecular weight excluding hydrogens is 364 g/mol. The van der Waals surface area contributed by atoms with Crippen LogP contribution in [0.1, 0.15) is 21.5 Å². The normalized spacial score (nSPS) is 10.7. The van der Waals surface area contributed by atoms with E-state index in [-0.39, 0.29) is 5.70 Å². The fourth-order valence-electron chi connectivity index (χ4n) is 2.83. The van der Waals surface area contributed by atoms with E-state index < -0.39 is 11.9 Å². The lowest BCUT2D eigenvalue weighted by Crippen LogP contribution is -2.28. The van der Waals surface area contributed by atoms with Gasteiger partial charge in [-0.1, -0.05) is 54.6 Å². The summed E-state index contributed by atoms with van der Waals surface area (Å²) in [6.07, 6.45) is 1.55. The van der Waals surface area contributed by atoms with Gasteiger partial charge in [0.1, 0.15) is 5.70 Å². The standard InChI is InChI=1S/C24H18N2O3/c1-29-24(28)22(26-23(27)18-9-3-2-4-10-18)15-17-8-7-12-19(14-17)21-13-6-5-11-20(21)16-25/h2-15H,1H3,(H,26,27). The number of hydrogen-bond donors (Lipinski definition) is 1. The molecule has 3 aromatic rings. The summed E-state index contributed by atoms with van der Waals surface area (Å²) in [5.74, 6) is -1.06. The summed E-state index contributed by atoms with van der Waals surface area (Å²) < 4.78 is 4.81. The van der Waals surface area contributed by atoms with Gasteiger partial charge in [-0.05, 0) is 47.0 Å². The molecule has 29 heavy (non-hydrogen) atoms. The summed E-state index contributed by atoms with van der Waals surface area (Å²) in [5, 5.41) is 11.9.